The van der Waals surface area contributed by atoms with Crippen LogP contribution in [-0.4, -0.2) is 17.4 Å². The van der Waals surface area contributed by atoms with Crippen molar-refractivity contribution in [3.05, 3.63) is 57.8 Å². The van der Waals surface area contributed by atoms with Crippen LogP contribution in [0.5, 0.6) is 0 Å². The maximum Gasteiger partial charge on any atom is 0.280 e. The molecular weight excluding hydrogens is 296 g/mol. The summed E-state index contributed by atoms with van der Waals surface area (Å²) in [6, 6.07) is 10.8. The normalized spacial score (nSPS) is 16.3. The Morgan fingerprint density at radius 2 is 1.95 bits per heavy atom. The fourth-order valence-corrected chi connectivity index (χ4v) is 2.87. The van der Waals surface area contributed by atoms with E-state index >= 15 is 0 Å². The molecule has 1 aliphatic heterocycles. The molecule has 110 valence electrons. The van der Waals surface area contributed by atoms with Gasteiger partial charge >= 0.3 is 0 Å². The quantitative estimate of drug-likeness (QED) is 0.640. The number of hydrazone groups is 1. The summed E-state index contributed by atoms with van der Waals surface area (Å²) in [6.45, 7) is 3.33. The first-order valence-electron chi connectivity index (χ1n) is 6.82. The smallest absolute Gasteiger partial charge is 0.280 e. The number of nitrogens with zero attached hydrogens (tertiary/aromatic N) is 2. The molecule has 1 aromatic carbocycles. The Labute approximate surface area is 132 Å². The largest absolute Gasteiger partial charge is 0.295 e. The van der Waals surface area contributed by atoms with Crippen molar-refractivity contribution in [2.75, 3.05) is 5.01 Å². The predicted molar refractivity (Wildman–Crippen MR) is 89.3 cm³/mol. The lowest BCUT2D eigenvalue weighted by molar-refractivity contribution is -0.114. The summed E-state index contributed by atoms with van der Waals surface area (Å²) in [7, 11) is 0. The Morgan fingerprint density at radius 3 is 2.55 bits per heavy atom. The lowest BCUT2D eigenvalue weighted by Crippen LogP contribution is -2.21. The zero-order chi connectivity index (χ0) is 15.7. The number of hydrogen-bond donors (Lipinski definition) is 0. The van der Waals surface area contributed by atoms with Gasteiger partial charge in [0.1, 0.15) is 0 Å². The van der Waals surface area contributed by atoms with Crippen molar-refractivity contribution >= 4 is 40.5 Å². The maximum atomic E-state index is 12.5. The van der Waals surface area contributed by atoms with Crippen LogP contribution in [0.15, 0.2) is 52.5 Å². The van der Waals surface area contributed by atoms with Crippen molar-refractivity contribution in [1.29, 1.82) is 0 Å². The fourth-order valence-electron chi connectivity index (χ4n) is 2.21. The van der Waals surface area contributed by atoms with E-state index in [4.69, 9.17) is 0 Å². The van der Waals surface area contributed by atoms with Crippen molar-refractivity contribution in [1.82, 2.24) is 0 Å². The predicted octanol–water partition coefficient (Wildman–Crippen LogP) is 3.76. The van der Waals surface area contributed by atoms with Crippen LogP contribution >= 0.6 is 11.3 Å². The summed E-state index contributed by atoms with van der Waals surface area (Å²) >= 11 is 1.58. The molecule has 2 aromatic rings. The standard InChI is InChI=1S/C17H14N2O2S/c1-11-16(10-15-4-3-9-22-15)17(21)19(18-11)14-7-5-13(6-8-14)12(2)20/h3-10H,1-2H3/b16-10+. The molecular formula is C17H14N2O2S. The second kappa shape index (κ2) is 5.69. The van der Waals surface area contributed by atoms with Gasteiger partial charge in [0.2, 0.25) is 0 Å². The number of anilines is 1. The molecule has 0 atom stereocenters. The Hall–Kier alpha value is -2.53. The average molecular weight is 310 g/mol. The van der Waals surface area contributed by atoms with Crippen LogP contribution < -0.4 is 5.01 Å². The minimum absolute atomic E-state index is 0.00254. The fraction of sp³-hybridized carbons (Fsp3) is 0.118. The Balaban J connectivity index is 1.91. The Morgan fingerprint density at radius 1 is 1.23 bits per heavy atom. The molecule has 0 saturated heterocycles. The van der Waals surface area contributed by atoms with Crippen molar-refractivity contribution in [3.63, 3.8) is 0 Å². The number of rotatable bonds is 3. The minimum atomic E-state index is -0.151. The third-order valence-electron chi connectivity index (χ3n) is 3.41. The minimum Gasteiger partial charge on any atom is -0.295 e. The number of benzene rings is 1. The summed E-state index contributed by atoms with van der Waals surface area (Å²) < 4.78 is 0. The summed E-state index contributed by atoms with van der Waals surface area (Å²) in [6.07, 6.45) is 1.86. The summed E-state index contributed by atoms with van der Waals surface area (Å²) in [4.78, 5) is 24.9. The van der Waals surface area contributed by atoms with Gasteiger partial charge in [-0.05, 0) is 55.6 Å². The molecule has 0 unspecified atom stereocenters. The summed E-state index contributed by atoms with van der Waals surface area (Å²) in [5.74, 6) is -0.154. The molecule has 2 heterocycles. The van der Waals surface area contributed by atoms with E-state index in [2.05, 4.69) is 5.10 Å². The van der Waals surface area contributed by atoms with E-state index < -0.39 is 0 Å². The van der Waals surface area contributed by atoms with E-state index in [0.717, 1.165) is 4.88 Å². The molecule has 0 radical (unpaired) electrons. The van der Waals surface area contributed by atoms with Gasteiger partial charge in [-0.1, -0.05) is 6.07 Å². The molecule has 1 amide bonds. The van der Waals surface area contributed by atoms with Crippen LogP contribution in [0.3, 0.4) is 0 Å². The first kappa shape index (κ1) is 14.4. The van der Waals surface area contributed by atoms with Gasteiger partial charge in [0.25, 0.3) is 5.91 Å². The number of amides is 1. The third kappa shape index (κ3) is 2.63. The number of ketones is 1. The first-order valence-corrected chi connectivity index (χ1v) is 7.70. The number of Topliss-reactive ketones (excluding diaryl/α,β-unsaturated/α-hetero) is 1. The van der Waals surface area contributed by atoms with Crippen molar-refractivity contribution in [3.8, 4) is 0 Å². The highest BCUT2D eigenvalue weighted by atomic mass is 32.1. The molecule has 5 heteroatoms. The molecule has 0 N–H and O–H groups in total. The maximum absolute atomic E-state index is 12.5. The van der Waals surface area contributed by atoms with Crippen molar-refractivity contribution < 1.29 is 9.59 Å². The van der Waals surface area contributed by atoms with Crippen LogP contribution in [0.2, 0.25) is 0 Å². The average Bonchev–Trinajstić information content (AvgIpc) is 3.11. The second-order valence-electron chi connectivity index (χ2n) is 4.98. The number of thiophene rings is 1. The molecule has 0 spiro atoms. The van der Waals surface area contributed by atoms with E-state index in [0.29, 0.717) is 22.5 Å². The van der Waals surface area contributed by atoms with Gasteiger partial charge in [-0.3, -0.25) is 9.59 Å². The lowest BCUT2D eigenvalue weighted by Gasteiger charge is -2.11. The topological polar surface area (TPSA) is 49.7 Å². The molecule has 1 aliphatic rings. The van der Waals surface area contributed by atoms with E-state index in [-0.39, 0.29) is 11.7 Å². The van der Waals surface area contributed by atoms with Crippen LogP contribution in [0.4, 0.5) is 5.69 Å². The molecule has 3 rings (SSSR count). The number of hydrogen-bond acceptors (Lipinski definition) is 4. The zero-order valence-electron chi connectivity index (χ0n) is 12.2. The van der Waals surface area contributed by atoms with Gasteiger partial charge in [0, 0.05) is 10.4 Å². The van der Waals surface area contributed by atoms with Gasteiger partial charge in [-0.15, -0.1) is 11.3 Å². The van der Waals surface area contributed by atoms with Gasteiger partial charge in [0.15, 0.2) is 5.78 Å². The Bertz CT molecular complexity index is 787. The SMILES string of the molecule is CC(=O)c1ccc(N2N=C(C)/C(=C\c3cccs3)C2=O)cc1. The van der Waals surface area contributed by atoms with Gasteiger partial charge in [-0.2, -0.15) is 10.1 Å². The van der Waals surface area contributed by atoms with E-state index in [1.807, 2.05) is 30.5 Å². The molecule has 0 saturated carbocycles. The van der Waals surface area contributed by atoms with Crippen molar-refractivity contribution in [2.24, 2.45) is 5.10 Å². The lowest BCUT2D eigenvalue weighted by atomic mass is 10.1. The molecule has 1 aromatic heterocycles. The van der Waals surface area contributed by atoms with Crippen molar-refractivity contribution in [2.45, 2.75) is 13.8 Å². The molecule has 0 aliphatic carbocycles. The van der Waals surface area contributed by atoms with Crippen LogP contribution in [0.1, 0.15) is 29.1 Å². The number of carbonyl (C=O) groups is 2. The van der Waals surface area contributed by atoms with E-state index in [9.17, 15) is 9.59 Å². The van der Waals surface area contributed by atoms with E-state index in [1.54, 1.807) is 35.6 Å². The van der Waals surface area contributed by atoms with Crippen LogP contribution in [0.25, 0.3) is 6.08 Å². The Kier molecular flexibility index (Phi) is 3.73. The summed E-state index contributed by atoms with van der Waals surface area (Å²) in [5, 5.41) is 7.67. The molecule has 0 fully saturated rings. The highest BCUT2D eigenvalue weighted by Gasteiger charge is 2.28. The number of carbonyl (C=O) groups excluding carboxylic acids is 2. The highest BCUT2D eigenvalue weighted by molar-refractivity contribution is 7.10. The van der Waals surface area contributed by atoms with Gasteiger partial charge in [-0.25, -0.2) is 0 Å². The zero-order valence-corrected chi connectivity index (χ0v) is 13.1. The van der Waals surface area contributed by atoms with E-state index in [1.165, 1.54) is 11.9 Å². The first-order chi connectivity index (χ1) is 10.6. The molecule has 22 heavy (non-hydrogen) atoms. The summed E-state index contributed by atoms with van der Waals surface area (Å²) in [5.41, 5.74) is 2.56. The monoisotopic (exact) mass is 310 g/mol. The molecule has 4 nitrogen and oxygen atoms in total. The van der Waals surface area contributed by atoms with Crippen LogP contribution in [-0.2, 0) is 4.79 Å². The molecule has 0 bridgehead atoms. The highest BCUT2D eigenvalue weighted by Crippen LogP contribution is 2.26. The van der Waals surface area contributed by atoms with Crippen LogP contribution in [0, 0.1) is 0 Å². The van der Waals surface area contributed by atoms with Gasteiger partial charge < -0.3 is 0 Å². The second-order valence-corrected chi connectivity index (χ2v) is 5.96. The van der Waals surface area contributed by atoms with Gasteiger partial charge in [0.05, 0.1) is 17.0 Å². The third-order valence-corrected chi connectivity index (χ3v) is 4.23.